The molecule has 0 N–H and O–H groups in total. The second kappa shape index (κ2) is 21.3. The van der Waals surface area contributed by atoms with Gasteiger partial charge >= 0.3 is 11.9 Å². The zero-order valence-electron chi connectivity index (χ0n) is 32.4. The Morgan fingerprint density at radius 3 is 1.38 bits per heavy atom. The maximum absolute atomic E-state index is 13.6. The molecule has 0 saturated heterocycles. The van der Waals surface area contributed by atoms with Crippen molar-refractivity contribution < 1.29 is 47.6 Å². The minimum atomic E-state index is -1.12. The zero-order valence-corrected chi connectivity index (χ0v) is 32.4. The van der Waals surface area contributed by atoms with Crippen LogP contribution in [0.1, 0.15) is 114 Å². The Labute approximate surface area is 327 Å². The normalized spacial score (nSPS) is 26.0. The van der Waals surface area contributed by atoms with Crippen molar-refractivity contribution in [3.05, 3.63) is 95.5 Å². The predicted molar refractivity (Wildman–Crippen MR) is 202 cm³/mol. The van der Waals surface area contributed by atoms with Crippen molar-refractivity contribution in [2.24, 2.45) is 0 Å². The molecule has 5 rings (SSSR count). The molecule has 14 heteroatoms. The molecule has 0 radical (unpaired) electrons. The standard InChI is InChI=1S/C42H52N4O10/c1-51-41-21-13-9-5-3-7-12-16-34(48)38(40(50)54-28-32-20-26-44-30-46-32)36-18-24-42(52-2,56-36)22-14-10-6-4-8-11-15-33(47)37(35(55-41)17-23-41)39(49)53-27-31-19-25-43-29-45-31/h17-20,23-26,29-30H,3-16,21-22,27-28H2,1-2H3/b37-35-,38-36-. The second-order valence-electron chi connectivity index (χ2n) is 14.0. The van der Waals surface area contributed by atoms with Gasteiger partial charge in [0.15, 0.2) is 11.6 Å². The summed E-state index contributed by atoms with van der Waals surface area (Å²) in [6, 6.07) is 3.27. The maximum atomic E-state index is 13.6. The lowest BCUT2D eigenvalue weighted by molar-refractivity contribution is -0.159. The molecule has 2 unspecified atom stereocenters. The molecule has 2 aromatic heterocycles. The SMILES string of the molecule is COC12C=C/C(=C(/C(=O)OCc3ccncn3)C(=O)CCCCCCCCC3(OC)C=C/C(=C(/C(=O)OCc4ccncn4)C(=O)CCCCCCCC1)O3)O2. The van der Waals surface area contributed by atoms with Gasteiger partial charge in [-0.3, -0.25) is 9.59 Å². The predicted octanol–water partition coefficient (Wildman–Crippen LogP) is 6.81. The number of aromatic nitrogens is 4. The molecule has 14 nitrogen and oxygen atoms in total. The maximum Gasteiger partial charge on any atom is 0.345 e. The fraction of sp³-hybridized carbons (Fsp3) is 0.524. The largest absolute Gasteiger partial charge is 0.458 e. The van der Waals surface area contributed by atoms with Gasteiger partial charge in [-0.15, -0.1) is 0 Å². The van der Waals surface area contributed by atoms with Crippen LogP contribution in [0.5, 0.6) is 0 Å². The van der Waals surface area contributed by atoms with E-state index in [1.165, 1.54) is 26.9 Å². The van der Waals surface area contributed by atoms with E-state index in [1.54, 1.807) is 48.8 Å². The van der Waals surface area contributed by atoms with E-state index in [0.29, 0.717) is 37.1 Å². The molecule has 3 aliphatic rings. The van der Waals surface area contributed by atoms with Crippen molar-refractivity contribution in [2.45, 2.75) is 128 Å². The number of allylic oxidation sites excluding steroid dienone is 2. The highest BCUT2D eigenvalue weighted by Gasteiger charge is 2.39. The number of ketones is 2. The minimum Gasteiger partial charge on any atom is -0.458 e. The number of hydrogen-bond donors (Lipinski definition) is 0. The van der Waals surface area contributed by atoms with Gasteiger partial charge in [-0.05, 0) is 62.1 Å². The lowest BCUT2D eigenvalue weighted by Crippen LogP contribution is -2.30. The van der Waals surface area contributed by atoms with Gasteiger partial charge in [0.25, 0.3) is 0 Å². The highest BCUT2D eigenvalue weighted by molar-refractivity contribution is 6.18. The van der Waals surface area contributed by atoms with Gasteiger partial charge in [0.2, 0.25) is 11.6 Å². The van der Waals surface area contributed by atoms with Crippen molar-refractivity contribution in [3.8, 4) is 0 Å². The molecule has 0 spiro atoms. The number of carbonyl (C=O) groups excluding carboxylic acids is 4. The van der Waals surface area contributed by atoms with Gasteiger partial charge in [-0.1, -0.05) is 51.4 Å². The van der Waals surface area contributed by atoms with E-state index in [1.807, 2.05) is 0 Å². The van der Waals surface area contributed by atoms with Gasteiger partial charge in [0, 0.05) is 52.3 Å². The van der Waals surface area contributed by atoms with Crippen molar-refractivity contribution in [2.75, 3.05) is 14.2 Å². The summed E-state index contributed by atoms with van der Waals surface area (Å²) >= 11 is 0. The van der Waals surface area contributed by atoms with Gasteiger partial charge in [-0.2, -0.15) is 0 Å². The molecule has 0 amide bonds. The molecular formula is C42H52N4O10. The summed E-state index contributed by atoms with van der Waals surface area (Å²) in [6.07, 6.45) is 23.4. The minimum absolute atomic E-state index is 0.111. The number of nitrogens with zero attached hydrogens (tertiary/aromatic N) is 4. The number of esters is 2. The van der Waals surface area contributed by atoms with E-state index < -0.39 is 23.5 Å². The summed E-state index contributed by atoms with van der Waals surface area (Å²) < 4.78 is 35.1. The van der Waals surface area contributed by atoms with Crippen LogP contribution in [-0.4, -0.2) is 69.2 Å². The average Bonchev–Trinajstić information content (AvgIpc) is 3.84. The molecule has 2 aromatic rings. The van der Waals surface area contributed by atoms with Crippen LogP contribution >= 0.6 is 0 Å². The number of ether oxygens (including phenoxy) is 6. The molecule has 0 aromatic carbocycles. The lowest BCUT2D eigenvalue weighted by atomic mass is 10.0. The third kappa shape index (κ3) is 12.0. The Morgan fingerprint density at radius 2 is 1.00 bits per heavy atom. The first-order chi connectivity index (χ1) is 27.3. The van der Waals surface area contributed by atoms with E-state index in [2.05, 4.69) is 19.9 Å². The number of carbonyl (C=O) groups is 4. The van der Waals surface area contributed by atoms with Gasteiger partial charge in [-0.25, -0.2) is 29.5 Å². The molecule has 5 heterocycles. The second-order valence-corrected chi connectivity index (χ2v) is 14.0. The van der Waals surface area contributed by atoms with E-state index in [0.717, 1.165) is 64.2 Å². The van der Waals surface area contributed by atoms with Gasteiger partial charge in [0.05, 0.1) is 11.4 Å². The van der Waals surface area contributed by atoms with Crippen LogP contribution in [0, 0.1) is 0 Å². The van der Waals surface area contributed by atoms with E-state index in [-0.39, 0.29) is 60.3 Å². The Kier molecular flexibility index (Phi) is 16.0. The lowest BCUT2D eigenvalue weighted by Gasteiger charge is -2.27. The first-order valence-corrected chi connectivity index (χ1v) is 19.5. The molecular weight excluding hydrogens is 720 g/mol. The molecule has 2 atom stereocenters. The van der Waals surface area contributed by atoms with Crippen LogP contribution in [-0.2, 0) is 60.8 Å². The Hall–Kier alpha value is -5.08. The van der Waals surface area contributed by atoms with Crippen LogP contribution in [0.4, 0.5) is 0 Å². The van der Waals surface area contributed by atoms with Crippen LogP contribution in [0.15, 0.2) is 84.1 Å². The summed E-state index contributed by atoms with van der Waals surface area (Å²) in [5.41, 5.74) is 0.754. The molecule has 300 valence electrons. The summed E-state index contributed by atoms with van der Waals surface area (Å²) in [6.45, 7) is -0.222. The number of methoxy groups -OCH3 is 2. The molecule has 0 saturated carbocycles. The van der Waals surface area contributed by atoms with Crippen LogP contribution in [0.25, 0.3) is 0 Å². The van der Waals surface area contributed by atoms with Crippen LogP contribution in [0.3, 0.4) is 0 Å². The number of rotatable bonds is 8. The number of fused-ring (bicyclic) bond motifs is 4. The summed E-state index contributed by atoms with van der Waals surface area (Å²) in [7, 11) is 3.07. The molecule has 0 aliphatic carbocycles. The Balaban J connectivity index is 1.25. The molecule has 4 bridgehead atoms. The summed E-state index contributed by atoms with van der Waals surface area (Å²) in [4.78, 5) is 70.0. The number of Topliss-reactive ketones (excluding diaryl/α,β-unsaturated/α-hetero) is 2. The van der Waals surface area contributed by atoms with E-state index in [9.17, 15) is 19.2 Å². The number of hydrogen-bond acceptors (Lipinski definition) is 14. The van der Waals surface area contributed by atoms with E-state index in [4.69, 9.17) is 28.4 Å². The Morgan fingerprint density at radius 1 is 0.607 bits per heavy atom. The van der Waals surface area contributed by atoms with Gasteiger partial charge < -0.3 is 28.4 Å². The quantitative estimate of drug-likeness (QED) is 0.202. The van der Waals surface area contributed by atoms with Crippen molar-refractivity contribution in [3.63, 3.8) is 0 Å². The molecule has 3 aliphatic heterocycles. The summed E-state index contributed by atoms with van der Waals surface area (Å²) in [5, 5.41) is 0. The topological polar surface area (TPSA) is 175 Å². The molecule has 56 heavy (non-hydrogen) atoms. The zero-order chi connectivity index (χ0) is 39.6. The summed E-state index contributed by atoms with van der Waals surface area (Å²) in [5.74, 6) is -4.20. The first kappa shape index (κ1) is 42.1. The highest BCUT2D eigenvalue weighted by atomic mass is 16.7. The van der Waals surface area contributed by atoms with E-state index >= 15 is 0 Å². The van der Waals surface area contributed by atoms with Crippen molar-refractivity contribution in [1.82, 2.24) is 19.9 Å². The third-order valence-electron chi connectivity index (χ3n) is 10.0. The fourth-order valence-electron chi connectivity index (χ4n) is 6.79. The van der Waals surface area contributed by atoms with Crippen molar-refractivity contribution in [1.29, 1.82) is 0 Å². The van der Waals surface area contributed by atoms with Crippen molar-refractivity contribution >= 4 is 23.5 Å². The van der Waals surface area contributed by atoms with Crippen LogP contribution < -0.4 is 0 Å². The average molecular weight is 773 g/mol. The highest BCUT2D eigenvalue weighted by Crippen LogP contribution is 2.36. The van der Waals surface area contributed by atoms with Gasteiger partial charge in [0.1, 0.15) is 48.5 Å². The fourth-order valence-corrected chi connectivity index (χ4v) is 6.79. The Bertz CT molecular complexity index is 1650. The molecule has 0 fully saturated rings. The van der Waals surface area contributed by atoms with Crippen LogP contribution in [0.2, 0.25) is 0 Å². The first-order valence-electron chi connectivity index (χ1n) is 19.5. The monoisotopic (exact) mass is 772 g/mol. The third-order valence-corrected chi connectivity index (χ3v) is 10.0. The smallest absolute Gasteiger partial charge is 0.345 e.